The van der Waals surface area contributed by atoms with Crippen molar-refractivity contribution in [2.75, 3.05) is 23.3 Å². The number of nitrogens with zero attached hydrogens (tertiary/aromatic N) is 3. The van der Waals surface area contributed by atoms with E-state index in [9.17, 15) is 4.79 Å². The maximum atomic E-state index is 12.2. The predicted molar refractivity (Wildman–Crippen MR) is 98.0 cm³/mol. The highest BCUT2D eigenvalue weighted by Gasteiger charge is 2.38. The molecule has 1 N–H and O–H groups in total. The summed E-state index contributed by atoms with van der Waals surface area (Å²) in [4.78, 5) is 24.2. The van der Waals surface area contributed by atoms with Crippen LogP contribution in [0.1, 0.15) is 43.5 Å². The quantitative estimate of drug-likeness (QED) is 0.917. The van der Waals surface area contributed by atoms with Gasteiger partial charge in [-0.2, -0.15) is 0 Å². The van der Waals surface area contributed by atoms with E-state index in [1.165, 1.54) is 17.7 Å². The standard InChI is InChI=1S/C20H22N4O/c1-20(2)14-8-7-12(11-16(14)21-18(20)25)17-13-5-3-6-15(13)22-19(23-17)24-9-4-10-24/h7-8,11H,3-6,9-10H2,1-2H3,(H,21,25). The number of anilines is 2. The van der Waals surface area contributed by atoms with Crippen molar-refractivity contribution < 1.29 is 4.79 Å². The fraction of sp³-hybridized carbons (Fsp3) is 0.450. The van der Waals surface area contributed by atoms with Crippen LogP contribution < -0.4 is 10.2 Å². The Morgan fingerprint density at radius 3 is 2.72 bits per heavy atom. The molecule has 1 saturated heterocycles. The van der Waals surface area contributed by atoms with Crippen LogP contribution in [0.15, 0.2) is 18.2 Å². The number of amides is 1. The third-order valence-corrected chi connectivity index (χ3v) is 5.84. The highest BCUT2D eigenvalue weighted by molar-refractivity contribution is 6.06. The maximum absolute atomic E-state index is 12.2. The van der Waals surface area contributed by atoms with E-state index in [0.717, 1.165) is 60.8 Å². The Labute approximate surface area is 147 Å². The Balaban J connectivity index is 1.64. The molecule has 1 aliphatic carbocycles. The smallest absolute Gasteiger partial charge is 0.234 e. The molecule has 0 bridgehead atoms. The van der Waals surface area contributed by atoms with Crippen LogP contribution in [-0.4, -0.2) is 29.0 Å². The molecule has 0 unspecified atom stereocenters. The van der Waals surface area contributed by atoms with Crippen LogP contribution in [-0.2, 0) is 23.1 Å². The third kappa shape index (κ3) is 2.11. The second-order valence-corrected chi connectivity index (χ2v) is 7.83. The van der Waals surface area contributed by atoms with Gasteiger partial charge in [0, 0.05) is 35.6 Å². The first kappa shape index (κ1) is 14.9. The van der Waals surface area contributed by atoms with Crippen LogP contribution in [0.5, 0.6) is 0 Å². The second kappa shape index (κ2) is 5.04. The molecule has 128 valence electrons. The van der Waals surface area contributed by atoms with Crippen molar-refractivity contribution in [3.8, 4) is 11.3 Å². The van der Waals surface area contributed by atoms with Crippen molar-refractivity contribution in [2.45, 2.75) is 44.9 Å². The molecule has 2 aliphatic heterocycles. The molecule has 1 aromatic carbocycles. The van der Waals surface area contributed by atoms with Gasteiger partial charge in [-0.15, -0.1) is 0 Å². The lowest BCUT2D eigenvalue weighted by atomic mass is 9.85. The first-order chi connectivity index (χ1) is 12.0. The van der Waals surface area contributed by atoms with Gasteiger partial charge in [-0.3, -0.25) is 4.79 Å². The van der Waals surface area contributed by atoms with Gasteiger partial charge in [-0.25, -0.2) is 9.97 Å². The summed E-state index contributed by atoms with van der Waals surface area (Å²) in [6.45, 7) is 6.04. The van der Waals surface area contributed by atoms with Crippen LogP contribution in [0.2, 0.25) is 0 Å². The summed E-state index contributed by atoms with van der Waals surface area (Å²) in [5.74, 6) is 0.931. The zero-order chi connectivity index (χ0) is 17.2. The van der Waals surface area contributed by atoms with Gasteiger partial charge in [-0.1, -0.05) is 12.1 Å². The van der Waals surface area contributed by atoms with Crippen molar-refractivity contribution in [1.82, 2.24) is 9.97 Å². The Bertz CT molecular complexity index is 899. The lowest BCUT2D eigenvalue weighted by molar-refractivity contribution is -0.119. The van der Waals surface area contributed by atoms with Gasteiger partial charge in [0.15, 0.2) is 0 Å². The molecular formula is C20H22N4O. The van der Waals surface area contributed by atoms with E-state index in [1.54, 1.807) is 0 Å². The second-order valence-electron chi connectivity index (χ2n) is 7.83. The molecular weight excluding hydrogens is 312 g/mol. The number of hydrogen-bond acceptors (Lipinski definition) is 4. The minimum absolute atomic E-state index is 0.0637. The zero-order valence-corrected chi connectivity index (χ0v) is 14.7. The molecule has 1 amide bonds. The van der Waals surface area contributed by atoms with E-state index in [4.69, 9.17) is 9.97 Å². The van der Waals surface area contributed by atoms with Gasteiger partial charge in [0.2, 0.25) is 11.9 Å². The number of carbonyl (C=O) groups excluding carboxylic acids is 1. The van der Waals surface area contributed by atoms with Crippen molar-refractivity contribution in [3.05, 3.63) is 35.0 Å². The van der Waals surface area contributed by atoms with Crippen LogP contribution in [0.4, 0.5) is 11.6 Å². The molecule has 1 aromatic heterocycles. The van der Waals surface area contributed by atoms with Crippen LogP contribution >= 0.6 is 0 Å². The van der Waals surface area contributed by atoms with E-state index in [0.29, 0.717) is 0 Å². The fourth-order valence-electron chi connectivity index (χ4n) is 4.06. The molecule has 0 saturated carbocycles. The molecule has 3 heterocycles. The molecule has 5 heteroatoms. The summed E-state index contributed by atoms with van der Waals surface area (Å²) in [5.41, 5.74) is 6.14. The minimum Gasteiger partial charge on any atom is -0.341 e. The number of aromatic nitrogens is 2. The van der Waals surface area contributed by atoms with Crippen molar-refractivity contribution in [2.24, 2.45) is 0 Å². The molecule has 1 fully saturated rings. The summed E-state index contributed by atoms with van der Waals surface area (Å²) in [7, 11) is 0. The fourth-order valence-corrected chi connectivity index (χ4v) is 4.06. The summed E-state index contributed by atoms with van der Waals surface area (Å²) in [6.07, 6.45) is 4.45. The predicted octanol–water partition coefficient (Wildman–Crippen LogP) is 3.07. The number of benzene rings is 1. The molecule has 25 heavy (non-hydrogen) atoms. The zero-order valence-electron chi connectivity index (χ0n) is 14.7. The number of carbonyl (C=O) groups is 1. The average molecular weight is 334 g/mol. The number of hydrogen-bond donors (Lipinski definition) is 1. The average Bonchev–Trinajstić information content (AvgIpc) is 3.08. The topological polar surface area (TPSA) is 58.1 Å². The van der Waals surface area contributed by atoms with E-state index in [-0.39, 0.29) is 5.91 Å². The first-order valence-corrected chi connectivity index (χ1v) is 9.15. The molecule has 5 nitrogen and oxygen atoms in total. The van der Waals surface area contributed by atoms with E-state index in [1.807, 2.05) is 13.8 Å². The maximum Gasteiger partial charge on any atom is 0.234 e. The highest BCUT2D eigenvalue weighted by Crippen LogP contribution is 2.41. The van der Waals surface area contributed by atoms with Gasteiger partial charge < -0.3 is 10.2 Å². The Morgan fingerprint density at radius 1 is 1.12 bits per heavy atom. The molecule has 0 radical (unpaired) electrons. The first-order valence-electron chi connectivity index (χ1n) is 9.15. The summed E-state index contributed by atoms with van der Waals surface area (Å²) in [5, 5.41) is 3.03. The van der Waals surface area contributed by atoms with Crippen molar-refractivity contribution in [1.29, 1.82) is 0 Å². The third-order valence-electron chi connectivity index (χ3n) is 5.84. The van der Waals surface area contributed by atoms with Gasteiger partial charge >= 0.3 is 0 Å². The van der Waals surface area contributed by atoms with E-state index < -0.39 is 5.41 Å². The van der Waals surface area contributed by atoms with Crippen LogP contribution in [0, 0.1) is 0 Å². The Morgan fingerprint density at radius 2 is 1.96 bits per heavy atom. The van der Waals surface area contributed by atoms with Crippen LogP contribution in [0.3, 0.4) is 0 Å². The van der Waals surface area contributed by atoms with Gasteiger partial charge in [0.1, 0.15) is 0 Å². The van der Waals surface area contributed by atoms with Crippen molar-refractivity contribution in [3.63, 3.8) is 0 Å². The summed E-state index contributed by atoms with van der Waals surface area (Å²) >= 11 is 0. The monoisotopic (exact) mass is 334 g/mol. The van der Waals surface area contributed by atoms with E-state index in [2.05, 4.69) is 28.4 Å². The SMILES string of the molecule is CC1(C)C(=O)Nc2cc(-c3nc(N4CCC4)nc4c3CCC4)ccc21. The Hall–Kier alpha value is -2.43. The lowest BCUT2D eigenvalue weighted by Gasteiger charge is -2.31. The number of fused-ring (bicyclic) bond motifs is 2. The normalized spacial score (nSPS) is 20.1. The van der Waals surface area contributed by atoms with Crippen molar-refractivity contribution >= 4 is 17.5 Å². The minimum atomic E-state index is -0.468. The number of aryl methyl sites for hydroxylation is 1. The number of rotatable bonds is 2. The molecule has 0 atom stereocenters. The lowest BCUT2D eigenvalue weighted by Crippen LogP contribution is -2.38. The molecule has 5 rings (SSSR count). The molecule has 2 aromatic rings. The molecule has 0 spiro atoms. The summed E-state index contributed by atoms with van der Waals surface area (Å²) in [6, 6.07) is 6.28. The van der Waals surface area contributed by atoms with Gasteiger partial charge in [0.25, 0.3) is 0 Å². The largest absolute Gasteiger partial charge is 0.341 e. The van der Waals surface area contributed by atoms with Gasteiger partial charge in [0.05, 0.1) is 11.1 Å². The van der Waals surface area contributed by atoms with E-state index >= 15 is 0 Å². The molecule has 3 aliphatic rings. The number of nitrogens with one attached hydrogen (secondary N) is 1. The van der Waals surface area contributed by atoms with Gasteiger partial charge in [-0.05, 0) is 51.2 Å². The Kier molecular flexibility index (Phi) is 3.00. The van der Waals surface area contributed by atoms with Crippen LogP contribution in [0.25, 0.3) is 11.3 Å². The highest BCUT2D eigenvalue weighted by atomic mass is 16.2. The summed E-state index contributed by atoms with van der Waals surface area (Å²) < 4.78 is 0.